The molecule has 1 fully saturated rings. The molecule has 2 heteroatoms. The molecule has 72 valence electrons. The van der Waals surface area contributed by atoms with Crippen molar-refractivity contribution < 1.29 is 4.42 Å². The first-order valence-electron chi connectivity index (χ1n) is 5.18. The van der Waals surface area contributed by atoms with Gasteiger partial charge in [0.15, 0.2) is 0 Å². The summed E-state index contributed by atoms with van der Waals surface area (Å²) in [7, 11) is 0. The molecule has 1 aromatic rings. The molecule has 2 rings (SSSR count). The summed E-state index contributed by atoms with van der Waals surface area (Å²) in [6.07, 6.45) is 5.65. The maximum Gasteiger partial charge on any atom is 0.120 e. The molecule has 0 bridgehead atoms. The quantitative estimate of drug-likeness (QED) is 0.751. The molecule has 1 atom stereocenters. The van der Waals surface area contributed by atoms with Gasteiger partial charge in [0.1, 0.15) is 5.76 Å². The molecule has 0 saturated heterocycles. The molecule has 1 N–H and O–H groups in total. The zero-order valence-corrected chi connectivity index (χ0v) is 8.12. The standard InChI is InChI=1S/C11H17NO/c1-2-7-12-11(9-5-6-9)10-4-3-8-13-10/h3-4,8-9,11-12H,2,5-7H2,1H3. The van der Waals surface area contributed by atoms with E-state index in [2.05, 4.69) is 18.3 Å². The van der Waals surface area contributed by atoms with Crippen molar-refractivity contribution in [3.8, 4) is 0 Å². The van der Waals surface area contributed by atoms with Crippen LogP contribution in [0.25, 0.3) is 0 Å². The Morgan fingerprint density at radius 2 is 2.46 bits per heavy atom. The predicted octanol–water partition coefficient (Wildman–Crippen LogP) is 2.73. The molecule has 0 spiro atoms. The lowest BCUT2D eigenvalue weighted by Crippen LogP contribution is -2.23. The van der Waals surface area contributed by atoms with Crippen LogP contribution in [0.4, 0.5) is 0 Å². The molecule has 1 aliphatic rings. The second kappa shape index (κ2) is 3.97. The fourth-order valence-electron chi connectivity index (χ4n) is 1.70. The summed E-state index contributed by atoms with van der Waals surface area (Å²) < 4.78 is 5.43. The van der Waals surface area contributed by atoms with Crippen molar-refractivity contribution >= 4 is 0 Å². The summed E-state index contributed by atoms with van der Waals surface area (Å²) in [4.78, 5) is 0. The summed E-state index contributed by atoms with van der Waals surface area (Å²) in [5.74, 6) is 1.92. The first-order valence-corrected chi connectivity index (χ1v) is 5.18. The predicted molar refractivity (Wildman–Crippen MR) is 52.5 cm³/mol. The molecule has 1 unspecified atom stereocenters. The molecule has 2 nitrogen and oxygen atoms in total. The zero-order valence-electron chi connectivity index (χ0n) is 8.12. The van der Waals surface area contributed by atoms with Gasteiger partial charge in [-0.2, -0.15) is 0 Å². The Morgan fingerprint density at radius 3 is 3.00 bits per heavy atom. The van der Waals surface area contributed by atoms with Gasteiger partial charge in [-0.1, -0.05) is 6.92 Å². The van der Waals surface area contributed by atoms with Gasteiger partial charge in [-0.25, -0.2) is 0 Å². The van der Waals surface area contributed by atoms with Crippen molar-refractivity contribution in [2.75, 3.05) is 6.54 Å². The second-order valence-corrected chi connectivity index (χ2v) is 3.78. The maximum absolute atomic E-state index is 5.43. The van der Waals surface area contributed by atoms with Crippen LogP contribution in [0.15, 0.2) is 22.8 Å². The van der Waals surface area contributed by atoms with Crippen molar-refractivity contribution in [2.24, 2.45) is 5.92 Å². The van der Waals surface area contributed by atoms with Gasteiger partial charge in [0.05, 0.1) is 12.3 Å². The first-order chi connectivity index (χ1) is 6.42. The number of hydrogen-bond donors (Lipinski definition) is 1. The lowest BCUT2D eigenvalue weighted by Gasteiger charge is -2.14. The Morgan fingerprint density at radius 1 is 1.62 bits per heavy atom. The Balaban J connectivity index is 1.97. The third-order valence-electron chi connectivity index (χ3n) is 2.56. The van der Waals surface area contributed by atoms with E-state index in [1.807, 2.05) is 6.07 Å². The average Bonchev–Trinajstić information content (AvgIpc) is 2.82. The van der Waals surface area contributed by atoms with E-state index in [-0.39, 0.29) is 0 Å². The minimum atomic E-state index is 0.468. The highest BCUT2D eigenvalue weighted by Gasteiger charge is 2.33. The lowest BCUT2D eigenvalue weighted by molar-refractivity contribution is 0.383. The van der Waals surface area contributed by atoms with E-state index in [1.54, 1.807) is 6.26 Å². The van der Waals surface area contributed by atoms with Crippen LogP contribution in [0.2, 0.25) is 0 Å². The van der Waals surface area contributed by atoms with E-state index in [0.29, 0.717) is 6.04 Å². The van der Waals surface area contributed by atoms with Crippen LogP contribution in [0.3, 0.4) is 0 Å². The molecular formula is C11H17NO. The van der Waals surface area contributed by atoms with Gasteiger partial charge in [-0.05, 0) is 43.9 Å². The van der Waals surface area contributed by atoms with E-state index < -0.39 is 0 Å². The summed E-state index contributed by atoms with van der Waals surface area (Å²) >= 11 is 0. The van der Waals surface area contributed by atoms with Gasteiger partial charge in [0.2, 0.25) is 0 Å². The molecule has 1 aliphatic carbocycles. The van der Waals surface area contributed by atoms with Crippen LogP contribution >= 0.6 is 0 Å². The summed E-state index contributed by atoms with van der Waals surface area (Å²) in [6.45, 7) is 3.28. The van der Waals surface area contributed by atoms with Crippen molar-refractivity contribution in [1.82, 2.24) is 5.32 Å². The van der Waals surface area contributed by atoms with Gasteiger partial charge in [-0.15, -0.1) is 0 Å². The van der Waals surface area contributed by atoms with E-state index in [1.165, 1.54) is 19.3 Å². The van der Waals surface area contributed by atoms with Crippen LogP contribution in [0.1, 0.15) is 38.0 Å². The fourth-order valence-corrected chi connectivity index (χ4v) is 1.70. The molecule has 0 aromatic carbocycles. The molecule has 1 aromatic heterocycles. The number of furan rings is 1. The summed E-state index contributed by atoms with van der Waals surface area (Å²) in [6, 6.07) is 4.51. The van der Waals surface area contributed by atoms with Gasteiger partial charge in [0, 0.05) is 0 Å². The molecule has 0 amide bonds. The van der Waals surface area contributed by atoms with E-state index in [4.69, 9.17) is 4.42 Å². The molecular weight excluding hydrogens is 162 g/mol. The van der Waals surface area contributed by atoms with Gasteiger partial charge in [-0.3, -0.25) is 0 Å². The number of hydrogen-bond acceptors (Lipinski definition) is 2. The molecule has 0 aliphatic heterocycles. The Kier molecular flexibility index (Phi) is 2.69. The second-order valence-electron chi connectivity index (χ2n) is 3.78. The summed E-state index contributed by atoms with van der Waals surface area (Å²) in [5, 5.41) is 3.54. The minimum Gasteiger partial charge on any atom is -0.468 e. The van der Waals surface area contributed by atoms with Crippen LogP contribution in [0.5, 0.6) is 0 Å². The van der Waals surface area contributed by atoms with E-state index in [0.717, 1.165) is 18.2 Å². The van der Waals surface area contributed by atoms with E-state index in [9.17, 15) is 0 Å². The average molecular weight is 179 g/mol. The van der Waals surface area contributed by atoms with Gasteiger partial charge >= 0.3 is 0 Å². The number of nitrogens with one attached hydrogen (secondary N) is 1. The van der Waals surface area contributed by atoms with Gasteiger partial charge in [0.25, 0.3) is 0 Å². The number of rotatable bonds is 5. The summed E-state index contributed by atoms with van der Waals surface area (Å²) in [5.41, 5.74) is 0. The van der Waals surface area contributed by atoms with Crippen molar-refractivity contribution in [3.63, 3.8) is 0 Å². The maximum atomic E-state index is 5.43. The molecule has 13 heavy (non-hydrogen) atoms. The molecule has 0 radical (unpaired) electrons. The normalized spacial score (nSPS) is 18.8. The SMILES string of the molecule is CCCNC(c1ccco1)C1CC1. The van der Waals surface area contributed by atoms with Crippen LogP contribution < -0.4 is 5.32 Å². The van der Waals surface area contributed by atoms with Crippen molar-refractivity contribution in [3.05, 3.63) is 24.2 Å². The highest BCUT2D eigenvalue weighted by molar-refractivity contribution is 5.08. The zero-order chi connectivity index (χ0) is 9.10. The van der Waals surface area contributed by atoms with Crippen LogP contribution in [-0.4, -0.2) is 6.54 Å². The Bertz CT molecular complexity index is 239. The molecule has 1 heterocycles. The Hall–Kier alpha value is -0.760. The third-order valence-corrected chi connectivity index (χ3v) is 2.56. The van der Waals surface area contributed by atoms with Crippen LogP contribution in [0, 0.1) is 5.92 Å². The van der Waals surface area contributed by atoms with Crippen LogP contribution in [-0.2, 0) is 0 Å². The molecule has 1 saturated carbocycles. The van der Waals surface area contributed by atoms with E-state index >= 15 is 0 Å². The fraction of sp³-hybridized carbons (Fsp3) is 0.636. The smallest absolute Gasteiger partial charge is 0.120 e. The van der Waals surface area contributed by atoms with Crippen molar-refractivity contribution in [1.29, 1.82) is 0 Å². The lowest BCUT2D eigenvalue weighted by atomic mass is 10.1. The van der Waals surface area contributed by atoms with Crippen molar-refractivity contribution in [2.45, 2.75) is 32.2 Å². The third kappa shape index (κ3) is 2.13. The minimum absolute atomic E-state index is 0.468. The highest BCUT2D eigenvalue weighted by atomic mass is 16.3. The first kappa shape index (κ1) is 8.82. The van der Waals surface area contributed by atoms with Gasteiger partial charge < -0.3 is 9.73 Å². The highest BCUT2D eigenvalue weighted by Crippen LogP contribution is 2.40. The largest absolute Gasteiger partial charge is 0.468 e. The monoisotopic (exact) mass is 179 g/mol. The topological polar surface area (TPSA) is 25.2 Å². The Labute approximate surface area is 79.3 Å².